The molecule has 1 aliphatic rings. The number of benzene rings is 1. The van der Waals surface area contributed by atoms with Gasteiger partial charge in [0.25, 0.3) is 5.91 Å². The summed E-state index contributed by atoms with van der Waals surface area (Å²) in [6, 6.07) is 8.16. The fraction of sp³-hybridized carbons (Fsp3) is 0.533. The normalized spacial score (nSPS) is 22.9. The highest BCUT2D eigenvalue weighted by Gasteiger charge is 2.36. The van der Waals surface area contributed by atoms with Gasteiger partial charge in [-0.05, 0) is 39.3 Å². The summed E-state index contributed by atoms with van der Waals surface area (Å²) >= 11 is 0. The van der Waals surface area contributed by atoms with Crippen molar-refractivity contribution in [3.8, 4) is 0 Å². The van der Waals surface area contributed by atoms with Crippen molar-refractivity contribution in [1.82, 2.24) is 10.2 Å². The summed E-state index contributed by atoms with van der Waals surface area (Å²) in [5.41, 5.74) is 1.73. The summed E-state index contributed by atoms with van der Waals surface area (Å²) in [6.07, 6.45) is 0. The molecule has 1 heterocycles. The van der Waals surface area contributed by atoms with Crippen molar-refractivity contribution in [2.45, 2.75) is 39.3 Å². The van der Waals surface area contributed by atoms with Gasteiger partial charge in [-0.25, -0.2) is 0 Å². The molecule has 0 aliphatic carbocycles. The van der Waals surface area contributed by atoms with Crippen molar-refractivity contribution in [1.29, 1.82) is 0 Å². The van der Waals surface area contributed by atoms with Gasteiger partial charge < -0.3 is 10.2 Å². The van der Waals surface area contributed by atoms with E-state index in [2.05, 4.69) is 26.1 Å². The Bertz CT molecular complexity index is 454. The molecule has 0 spiro atoms. The minimum absolute atomic E-state index is 0.133. The largest absolute Gasteiger partial charge is 0.331 e. The minimum atomic E-state index is -0.133. The number of piperazine rings is 1. The fourth-order valence-electron chi connectivity index (χ4n) is 2.42. The lowest BCUT2D eigenvalue weighted by atomic mass is 9.95. The Labute approximate surface area is 109 Å². The van der Waals surface area contributed by atoms with Crippen LogP contribution in [0.5, 0.6) is 0 Å². The Morgan fingerprint density at radius 3 is 2.72 bits per heavy atom. The van der Waals surface area contributed by atoms with E-state index < -0.39 is 0 Å². The first-order chi connectivity index (χ1) is 8.42. The van der Waals surface area contributed by atoms with Crippen molar-refractivity contribution >= 4 is 5.91 Å². The van der Waals surface area contributed by atoms with E-state index >= 15 is 0 Å². The number of hydrogen-bond acceptors (Lipinski definition) is 2. The SMILES string of the molecule is Cc1ccccc1C(=O)N1CC(C)NCC1(C)C. The third-order valence-electron chi connectivity index (χ3n) is 3.69. The molecule has 0 bridgehead atoms. The maximum atomic E-state index is 12.7. The number of nitrogens with zero attached hydrogens (tertiary/aromatic N) is 1. The highest BCUT2D eigenvalue weighted by molar-refractivity contribution is 5.96. The van der Waals surface area contributed by atoms with Crippen molar-refractivity contribution in [3.05, 3.63) is 35.4 Å². The van der Waals surface area contributed by atoms with E-state index in [1.54, 1.807) is 0 Å². The van der Waals surface area contributed by atoms with Crippen LogP contribution >= 0.6 is 0 Å². The molecule has 3 nitrogen and oxygen atoms in total. The molecule has 2 rings (SSSR count). The topological polar surface area (TPSA) is 32.3 Å². The zero-order chi connectivity index (χ0) is 13.3. The van der Waals surface area contributed by atoms with E-state index in [0.29, 0.717) is 6.04 Å². The molecule has 1 aliphatic heterocycles. The van der Waals surface area contributed by atoms with Gasteiger partial charge in [0.1, 0.15) is 0 Å². The van der Waals surface area contributed by atoms with Crippen LogP contribution in [0, 0.1) is 6.92 Å². The lowest BCUT2D eigenvalue weighted by Crippen LogP contribution is -2.62. The molecule has 1 aromatic rings. The molecular weight excluding hydrogens is 224 g/mol. The molecule has 1 unspecified atom stereocenters. The standard InChI is InChI=1S/C15H22N2O/c1-11-7-5-6-8-13(11)14(18)17-9-12(2)16-10-15(17,3)4/h5-8,12,16H,9-10H2,1-4H3. The van der Waals surface area contributed by atoms with Crippen LogP contribution in [0.15, 0.2) is 24.3 Å². The van der Waals surface area contributed by atoms with E-state index in [9.17, 15) is 4.79 Å². The number of rotatable bonds is 1. The molecule has 1 saturated heterocycles. The smallest absolute Gasteiger partial charge is 0.254 e. The summed E-state index contributed by atoms with van der Waals surface area (Å²) in [5.74, 6) is 0.145. The second kappa shape index (κ2) is 4.73. The Morgan fingerprint density at radius 2 is 2.06 bits per heavy atom. The predicted molar refractivity (Wildman–Crippen MR) is 73.8 cm³/mol. The van der Waals surface area contributed by atoms with Crippen LogP contribution in [0.1, 0.15) is 36.7 Å². The van der Waals surface area contributed by atoms with Gasteiger partial charge in [-0.3, -0.25) is 4.79 Å². The first-order valence-electron chi connectivity index (χ1n) is 6.53. The second-order valence-corrected chi connectivity index (χ2v) is 5.83. The third-order valence-corrected chi connectivity index (χ3v) is 3.69. The van der Waals surface area contributed by atoms with Crippen LogP contribution in [0.3, 0.4) is 0 Å². The van der Waals surface area contributed by atoms with Crippen molar-refractivity contribution in [3.63, 3.8) is 0 Å². The van der Waals surface area contributed by atoms with Gasteiger partial charge in [0, 0.05) is 24.7 Å². The monoisotopic (exact) mass is 246 g/mol. The first-order valence-corrected chi connectivity index (χ1v) is 6.53. The number of carbonyl (C=O) groups excluding carboxylic acids is 1. The maximum Gasteiger partial charge on any atom is 0.254 e. The van der Waals surface area contributed by atoms with Gasteiger partial charge in [-0.1, -0.05) is 18.2 Å². The predicted octanol–water partition coefficient (Wildman–Crippen LogP) is 2.21. The molecule has 1 N–H and O–H groups in total. The highest BCUT2D eigenvalue weighted by atomic mass is 16.2. The lowest BCUT2D eigenvalue weighted by molar-refractivity contribution is 0.0410. The molecule has 0 saturated carbocycles. The molecule has 3 heteroatoms. The number of amides is 1. The quantitative estimate of drug-likeness (QED) is 0.824. The van der Waals surface area contributed by atoms with Crippen LogP contribution in [0.4, 0.5) is 0 Å². The lowest BCUT2D eigenvalue weighted by Gasteiger charge is -2.45. The molecular formula is C15H22N2O. The Morgan fingerprint density at radius 1 is 1.39 bits per heavy atom. The van der Waals surface area contributed by atoms with Gasteiger partial charge in [0.05, 0.1) is 5.54 Å². The van der Waals surface area contributed by atoms with Crippen LogP contribution in [-0.4, -0.2) is 35.5 Å². The molecule has 1 atom stereocenters. The first kappa shape index (κ1) is 13.1. The van der Waals surface area contributed by atoms with E-state index in [1.807, 2.05) is 36.1 Å². The minimum Gasteiger partial charge on any atom is -0.331 e. The Hall–Kier alpha value is -1.35. The summed E-state index contributed by atoms with van der Waals surface area (Å²) in [4.78, 5) is 14.7. The van der Waals surface area contributed by atoms with E-state index in [-0.39, 0.29) is 11.4 Å². The fourth-order valence-corrected chi connectivity index (χ4v) is 2.42. The van der Waals surface area contributed by atoms with Crippen LogP contribution in [0.2, 0.25) is 0 Å². The zero-order valence-electron chi connectivity index (χ0n) is 11.7. The summed E-state index contributed by atoms with van der Waals surface area (Å²) < 4.78 is 0. The molecule has 0 radical (unpaired) electrons. The highest BCUT2D eigenvalue weighted by Crippen LogP contribution is 2.22. The molecule has 1 fully saturated rings. The van der Waals surface area contributed by atoms with Gasteiger partial charge in [0.15, 0.2) is 0 Å². The molecule has 98 valence electrons. The molecule has 0 aromatic heterocycles. The van der Waals surface area contributed by atoms with Crippen molar-refractivity contribution in [2.75, 3.05) is 13.1 Å². The molecule has 1 amide bonds. The van der Waals surface area contributed by atoms with E-state index in [1.165, 1.54) is 0 Å². The Kier molecular flexibility index (Phi) is 3.44. The Balaban J connectivity index is 2.30. The van der Waals surface area contributed by atoms with Crippen molar-refractivity contribution in [2.24, 2.45) is 0 Å². The second-order valence-electron chi connectivity index (χ2n) is 5.83. The molecule has 1 aromatic carbocycles. The van der Waals surface area contributed by atoms with E-state index in [0.717, 1.165) is 24.2 Å². The number of aryl methyl sites for hydroxylation is 1. The van der Waals surface area contributed by atoms with Crippen LogP contribution in [-0.2, 0) is 0 Å². The van der Waals surface area contributed by atoms with Gasteiger partial charge in [0.2, 0.25) is 0 Å². The van der Waals surface area contributed by atoms with E-state index in [4.69, 9.17) is 0 Å². The van der Waals surface area contributed by atoms with Gasteiger partial charge in [-0.2, -0.15) is 0 Å². The van der Waals surface area contributed by atoms with Crippen LogP contribution < -0.4 is 5.32 Å². The zero-order valence-corrected chi connectivity index (χ0v) is 11.7. The summed E-state index contributed by atoms with van der Waals surface area (Å²) in [6.45, 7) is 9.94. The summed E-state index contributed by atoms with van der Waals surface area (Å²) in [7, 11) is 0. The van der Waals surface area contributed by atoms with Crippen LogP contribution in [0.25, 0.3) is 0 Å². The van der Waals surface area contributed by atoms with Crippen molar-refractivity contribution < 1.29 is 4.79 Å². The molecule has 18 heavy (non-hydrogen) atoms. The average Bonchev–Trinajstić information content (AvgIpc) is 2.32. The third kappa shape index (κ3) is 2.41. The van der Waals surface area contributed by atoms with Gasteiger partial charge >= 0.3 is 0 Å². The van der Waals surface area contributed by atoms with Gasteiger partial charge in [-0.15, -0.1) is 0 Å². The maximum absolute atomic E-state index is 12.7. The number of nitrogens with one attached hydrogen (secondary N) is 1. The number of hydrogen-bond donors (Lipinski definition) is 1. The summed E-state index contributed by atoms with van der Waals surface area (Å²) in [5, 5.41) is 3.43. The number of carbonyl (C=O) groups is 1. The average molecular weight is 246 g/mol.